The summed E-state index contributed by atoms with van der Waals surface area (Å²) < 4.78 is 0. The molecule has 0 aromatic heterocycles. The van der Waals surface area contributed by atoms with E-state index in [-0.39, 0.29) is 0 Å². The number of hydrogen-bond acceptors (Lipinski definition) is 1. The zero-order chi connectivity index (χ0) is 8.10. The van der Waals surface area contributed by atoms with E-state index in [0.717, 1.165) is 12.0 Å². The van der Waals surface area contributed by atoms with E-state index < -0.39 is 0 Å². The van der Waals surface area contributed by atoms with E-state index in [2.05, 4.69) is 13.0 Å². The largest absolute Gasteiger partial charge is 0.508 e. The van der Waals surface area contributed by atoms with Crippen LogP contribution in [0.2, 0.25) is 0 Å². The molecule has 58 valence electrons. The van der Waals surface area contributed by atoms with Gasteiger partial charge in [0.05, 0.1) is 0 Å². The van der Waals surface area contributed by atoms with Crippen LogP contribution in [0, 0.1) is 0 Å². The standard InChI is InChI=1S/C10H12O/c1-2-3-4-9-5-7-10(11)8-6-9/h3-8,11H,2H2,1H3/b4-3-. The molecule has 0 bridgehead atoms. The third-order valence-corrected chi connectivity index (χ3v) is 1.44. The van der Waals surface area contributed by atoms with Gasteiger partial charge in [0.25, 0.3) is 0 Å². The Bertz CT molecular complexity index is 234. The van der Waals surface area contributed by atoms with Crippen LogP contribution in [-0.4, -0.2) is 5.11 Å². The van der Waals surface area contributed by atoms with E-state index in [0.29, 0.717) is 5.75 Å². The molecule has 1 nitrogen and oxygen atoms in total. The predicted molar refractivity (Wildman–Crippen MR) is 47.4 cm³/mol. The van der Waals surface area contributed by atoms with E-state index in [4.69, 9.17) is 5.11 Å². The molecule has 0 fully saturated rings. The van der Waals surface area contributed by atoms with Crippen molar-refractivity contribution in [2.45, 2.75) is 13.3 Å². The molecule has 0 aliphatic carbocycles. The quantitative estimate of drug-likeness (QED) is 0.683. The van der Waals surface area contributed by atoms with Gasteiger partial charge in [-0.2, -0.15) is 0 Å². The normalized spacial score (nSPS) is 10.6. The Kier molecular flexibility index (Phi) is 2.73. The topological polar surface area (TPSA) is 20.2 Å². The number of hydrogen-bond donors (Lipinski definition) is 1. The maximum Gasteiger partial charge on any atom is 0.115 e. The van der Waals surface area contributed by atoms with E-state index in [1.807, 2.05) is 18.2 Å². The minimum Gasteiger partial charge on any atom is -0.508 e. The highest BCUT2D eigenvalue weighted by Gasteiger charge is 1.85. The highest BCUT2D eigenvalue weighted by atomic mass is 16.3. The average molecular weight is 148 g/mol. The van der Waals surface area contributed by atoms with Crippen LogP contribution in [0.25, 0.3) is 6.08 Å². The van der Waals surface area contributed by atoms with Crippen molar-refractivity contribution in [2.75, 3.05) is 0 Å². The third kappa shape index (κ3) is 2.46. The van der Waals surface area contributed by atoms with Gasteiger partial charge in [0.2, 0.25) is 0 Å². The second kappa shape index (κ2) is 3.81. The zero-order valence-electron chi connectivity index (χ0n) is 6.62. The van der Waals surface area contributed by atoms with Crippen molar-refractivity contribution in [1.82, 2.24) is 0 Å². The van der Waals surface area contributed by atoms with Crippen LogP contribution in [0.3, 0.4) is 0 Å². The first-order valence-corrected chi connectivity index (χ1v) is 3.78. The number of benzene rings is 1. The lowest BCUT2D eigenvalue weighted by Crippen LogP contribution is -1.69. The molecule has 0 aliphatic rings. The van der Waals surface area contributed by atoms with Crippen molar-refractivity contribution in [1.29, 1.82) is 0 Å². The molecule has 1 aromatic rings. The minimum absolute atomic E-state index is 0.318. The lowest BCUT2D eigenvalue weighted by atomic mass is 10.2. The van der Waals surface area contributed by atoms with Gasteiger partial charge in [-0.1, -0.05) is 31.2 Å². The summed E-state index contributed by atoms with van der Waals surface area (Å²) in [5.74, 6) is 0.318. The Morgan fingerprint density at radius 2 is 1.91 bits per heavy atom. The van der Waals surface area contributed by atoms with Gasteiger partial charge in [-0.15, -0.1) is 0 Å². The summed E-state index contributed by atoms with van der Waals surface area (Å²) in [6.07, 6.45) is 5.17. The zero-order valence-corrected chi connectivity index (χ0v) is 6.62. The summed E-state index contributed by atoms with van der Waals surface area (Å²) in [5.41, 5.74) is 1.13. The van der Waals surface area contributed by atoms with E-state index >= 15 is 0 Å². The molecule has 0 amide bonds. The molecule has 0 atom stereocenters. The number of allylic oxidation sites excluding steroid dienone is 1. The fourth-order valence-electron chi connectivity index (χ4n) is 0.839. The van der Waals surface area contributed by atoms with Gasteiger partial charge in [0.15, 0.2) is 0 Å². The van der Waals surface area contributed by atoms with Crippen LogP contribution in [-0.2, 0) is 0 Å². The molecular weight excluding hydrogens is 136 g/mol. The molecule has 0 radical (unpaired) electrons. The van der Waals surface area contributed by atoms with Gasteiger partial charge in [0, 0.05) is 0 Å². The molecule has 11 heavy (non-hydrogen) atoms. The average Bonchev–Trinajstić information content (AvgIpc) is 2.04. The fraction of sp³-hybridized carbons (Fsp3) is 0.200. The lowest BCUT2D eigenvalue weighted by molar-refractivity contribution is 0.475. The van der Waals surface area contributed by atoms with Crippen LogP contribution >= 0.6 is 0 Å². The summed E-state index contributed by atoms with van der Waals surface area (Å²) in [4.78, 5) is 0. The molecule has 1 rings (SSSR count). The monoisotopic (exact) mass is 148 g/mol. The van der Waals surface area contributed by atoms with Crippen molar-refractivity contribution < 1.29 is 5.11 Å². The number of phenols is 1. The third-order valence-electron chi connectivity index (χ3n) is 1.44. The van der Waals surface area contributed by atoms with Gasteiger partial charge < -0.3 is 5.11 Å². The molecule has 1 N–H and O–H groups in total. The van der Waals surface area contributed by atoms with Crippen LogP contribution in [0.1, 0.15) is 18.9 Å². The molecule has 1 heteroatoms. The maximum absolute atomic E-state index is 8.96. The van der Waals surface area contributed by atoms with Crippen molar-refractivity contribution >= 4 is 6.08 Å². The Morgan fingerprint density at radius 1 is 1.27 bits per heavy atom. The van der Waals surface area contributed by atoms with Crippen molar-refractivity contribution in [3.63, 3.8) is 0 Å². The summed E-state index contributed by atoms with van der Waals surface area (Å²) in [5, 5.41) is 8.96. The van der Waals surface area contributed by atoms with Gasteiger partial charge in [-0.25, -0.2) is 0 Å². The Morgan fingerprint density at radius 3 is 2.45 bits per heavy atom. The Labute approximate surface area is 67.0 Å². The van der Waals surface area contributed by atoms with Crippen molar-refractivity contribution in [3.05, 3.63) is 35.9 Å². The lowest BCUT2D eigenvalue weighted by Gasteiger charge is -1.92. The van der Waals surface area contributed by atoms with Gasteiger partial charge in [-0.05, 0) is 24.1 Å². The first kappa shape index (κ1) is 7.86. The highest BCUT2D eigenvalue weighted by Crippen LogP contribution is 2.10. The molecular formula is C10H12O. The predicted octanol–water partition coefficient (Wildman–Crippen LogP) is 2.82. The van der Waals surface area contributed by atoms with E-state index in [1.54, 1.807) is 12.1 Å². The van der Waals surface area contributed by atoms with Gasteiger partial charge in [0.1, 0.15) is 5.75 Å². The summed E-state index contributed by atoms with van der Waals surface area (Å²) in [7, 11) is 0. The molecule has 0 saturated carbocycles. The highest BCUT2D eigenvalue weighted by molar-refractivity contribution is 5.50. The van der Waals surface area contributed by atoms with Crippen LogP contribution in [0.15, 0.2) is 30.3 Å². The van der Waals surface area contributed by atoms with E-state index in [9.17, 15) is 0 Å². The number of aromatic hydroxyl groups is 1. The van der Waals surface area contributed by atoms with E-state index in [1.165, 1.54) is 0 Å². The molecule has 1 aromatic carbocycles. The van der Waals surface area contributed by atoms with Gasteiger partial charge in [-0.3, -0.25) is 0 Å². The first-order valence-electron chi connectivity index (χ1n) is 3.78. The first-order chi connectivity index (χ1) is 5.33. The fourth-order valence-corrected chi connectivity index (χ4v) is 0.839. The summed E-state index contributed by atoms with van der Waals surface area (Å²) in [6, 6.07) is 7.16. The van der Waals surface area contributed by atoms with Crippen molar-refractivity contribution in [2.24, 2.45) is 0 Å². The molecule has 0 heterocycles. The van der Waals surface area contributed by atoms with Crippen molar-refractivity contribution in [3.8, 4) is 5.75 Å². The Hall–Kier alpha value is -1.24. The second-order valence-corrected chi connectivity index (χ2v) is 2.40. The van der Waals surface area contributed by atoms with Crippen LogP contribution in [0.4, 0.5) is 0 Å². The minimum atomic E-state index is 0.318. The molecule has 0 spiro atoms. The summed E-state index contributed by atoms with van der Waals surface area (Å²) in [6.45, 7) is 2.09. The number of phenolic OH excluding ortho intramolecular Hbond substituents is 1. The molecule has 0 unspecified atom stereocenters. The second-order valence-electron chi connectivity index (χ2n) is 2.40. The SMILES string of the molecule is CC/C=C\c1ccc(O)cc1. The number of rotatable bonds is 2. The molecule has 0 aliphatic heterocycles. The maximum atomic E-state index is 8.96. The van der Waals surface area contributed by atoms with Gasteiger partial charge >= 0.3 is 0 Å². The Balaban J connectivity index is 2.73. The summed E-state index contributed by atoms with van der Waals surface area (Å²) >= 11 is 0. The molecule has 0 saturated heterocycles. The van der Waals surface area contributed by atoms with Crippen LogP contribution in [0.5, 0.6) is 5.75 Å². The van der Waals surface area contributed by atoms with Crippen LogP contribution < -0.4 is 0 Å². The smallest absolute Gasteiger partial charge is 0.115 e.